The molecule has 0 spiro atoms. The zero-order valence-corrected chi connectivity index (χ0v) is 24.9. The quantitative estimate of drug-likeness (QED) is 0.243. The lowest BCUT2D eigenvalue weighted by Crippen LogP contribution is -2.61. The molecule has 1 aromatic rings. The molecule has 4 aliphatic carbocycles. The van der Waals surface area contributed by atoms with Gasteiger partial charge in [-0.2, -0.15) is 0 Å². The molecular weight excluding hydrogens is 560 g/mol. The molecule has 43 heavy (non-hydrogen) atoms. The van der Waals surface area contributed by atoms with Gasteiger partial charge in [0.2, 0.25) is 0 Å². The molecule has 0 radical (unpaired) electrons. The Balaban J connectivity index is 1.25. The molecule has 4 fully saturated rings. The largest absolute Gasteiger partial charge is 0.462 e. The topological polar surface area (TPSA) is 176 Å². The number of ether oxygens (including phenoxy) is 3. The summed E-state index contributed by atoms with van der Waals surface area (Å²) in [4.78, 5) is 23.9. The molecule has 1 aliphatic heterocycles. The summed E-state index contributed by atoms with van der Waals surface area (Å²) in [6.45, 7) is 5.20. The van der Waals surface area contributed by atoms with Crippen molar-refractivity contribution >= 4 is 5.97 Å². The van der Waals surface area contributed by atoms with Gasteiger partial charge in [0.05, 0.1) is 24.6 Å². The minimum absolute atomic E-state index is 0.0323. The highest BCUT2D eigenvalue weighted by Crippen LogP contribution is 2.70. The van der Waals surface area contributed by atoms with E-state index in [1.165, 1.54) is 24.8 Å². The van der Waals surface area contributed by atoms with Crippen LogP contribution in [0.1, 0.15) is 77.2 Å². The highest BCUT2D eigenvalue weighted by Gasteiger charge is 2.70. The number of carbonyl (C=O) groups is 1. The van der Waals surface area contributed by atoms with Crippen molar-refractivity contribution in [1.29, 1.82) is 0 Å². The highest BCUT2D eigenvalue weighted by molar-refractivity contribution is 5.66. The Labute approximate surface area is 250 Å². The van der Waals surface area contributed by atoms with Gasteiger partial charge in [-0.1, -0.05) is 25.5 Å². The fourth-order valence-electron chi connectivity index (χ4n) is 9.59. The summed E-state index contributed by atoms with van der Waals surface area (Å²) in [6.07, 6.45) is 0.779. The number of carbonyl (C=O) groups excluding carboxylic acids is 1. The summed E-state index contributed by atoms with van der Waals surface area (Å²) in [6, 6.07) is 3.09. The third-order valence-corrected chi connectivity index (χ3v) is 11.8. The van der Waals surface area contributed by atoms with E-state index >= 15 is 0 Å². The summed E-state index contributed by atoms with van der Waals surface area (Å²) < 4.78 is 22.7. The van der Waals surface area contributed by atoms with E-state index in [1.54, 1.807) is 6.07 Å². The van der Waals surface area contributed by atoms with Crippen molar-refractivity contribution in [2.75, 3.05) is 6.61 Å². The van der Waals surface area contributed by atoms with Gasteiger partial charge in [-0.05, 0) is 67.4 Å². The molecule has 6 rings (SSSR count). The summed E-state index contributed by atoms with van der Waals surface area (Å²) in [5.74, 6) is -0.577. The number of fused-ring (bicyclic) bond motifs is 5. The Bertz CT molecular complexity index is 1290. The second-order valence-electron chi connectivity index (χ2n) is 13.9. The molecule has 1 aromatic heterocycles. The molecule has 13 atom stereocenters. The van der Waals surface area contributed by atoms with E-state index in [1.807, 2.05) is 0 Å². The smallest absolute Gasteiger partial charge is 0.335 e. The molecule has 2 unspecified atom stereocenters. The van der Waals surface area contributed by atoms with Crippen molar-refractivity contribution in [3.63, 3.8) is 0 Å². The third kappa shape index (κ3) is 4.83. The molecular formula is C32H44O11. The number of rotatable bonds is 5. The van der Waals surface area contributed by atoms with Crippen LogP contribution in [0.2, 0.25) is 0 Å². The third-order valence-electron chi connectivity index (χ3n) is 11.8. The van der Waals surface area contributed by atoms with Gasteiger partial charge in [0, 0.05) is 30.7 Å². The lowest BCUT2D eigenvalue weighted by atomic mass is 9.45. The van der Waals surface area contributed by atoms with Crippen molar-refractivity contribution in [1.82, 2.24) is 0 Å². The van der Waals surface area contributed by atoms with Gasteiger partial charge in [-0.3, -0.25) is 4.79 Å². The number of hydrogen-bond donors (Lipinski definition) is 5. The lowest BCUT2D eigenvalue weighted by Gasteiger charge is -2.61. The molecule has 2 heterocycles. The number of aliphatic hydroxyl groups excluding tert-OH is 4. The van der Waals surface area contributed by atoms with E-state index in [-0.39, 0.29) is 29.3 Å². The van der Waals surface area contributed by atoms with Crippen LogP contribution in [0.15, 0.2) is 39.3 Å². The van der Waals surface area contributed by atoms with E-state index in [0.717, 1.165) is 31.2 Å². The van der Waals surface area contributed by atoms with Gasteiger partial charge in [-0.15, -0.1) is 0 Å². The maximum absolute atomic E-state index is 12.7. The number of allylic oxidation sites excluding steroid dienone is 1. The molecule has 238 valence electrons. The second kappa shape index (κ2) is 11.0. The minimum Gasteiger partial charge on any atom is -0.462 e. The van der Waals surface area contributed by atoms with Crippen LogP contribution in [0.3, 0.4) is 0 Å². The maximum Gasteiger partial charge on any atom is 0.335 e. The molecule has 5 N–H and O–H groups in total. The lowest BCUT2D eigenvalue weighted by molar-refractivity contribution is -0.308. The zero-order valence-electron chi connectivity index (χ0n) is 24.9. The molecule has 11 heteroatoms. The van der Waals surface area contributed by atoms with Crippen LogP contribution in [-0.4, -0.2) is 86.6 Å². The molecule has 0 aromatic carbocycles. The fourth-order valence-corrected chi connectivity index (χ4v) is 9.59. The Hall–Kier alpha value is -2.12. The van der Waals surface area contributed by atoms with Crippen LogP contribution in [-0.2, 0) is 19.0 Å². The Morgan fingerprint density at radius 2 is 1.81 bits per heavy atom. The Kier molecular flexibility index (Phi) is 7.93. The molecule has 0 bridgehead atoms. The van der Waals surface area contributed by atoms with Crippen LogP contribution in [0.4, 0.5) is 0 Å². The second-order valence-corrected chi connectivity index (χ2v) is 13.9. The first-order chi connectivity index (χ1) is 20.3. The number of esters is 1. The van der Waals surface area contributed by atoms with Crippen molar-refractivity contribution in [2.24, 2.45) is 22.7 Å². The summed E-state index contributed by atoms with van der Waals surface area (Å²) in [5, 5.41) is 53.0. The predicted molar refractivity (Wildman–Crippen MR) is 150 cm³/mol. The van der Waals surface area contributed by atoms with E-state index in [0.29, 0.717) is 19.3 Å². The maximum atomic E-state index is 12.7. The average molecular weight is 605 g/mol. The van der Waals surface area contributed by atoms with E-state index in [9.17, 15) is 35.1 Å². The number of hydrogen-bond acceptors (Lipinski definition) is 11. The van der Waals surface area contributed by atoms with E-state index < -0.39 is 66.0 Å². The fraction of sp³-hybridized carbons (Fsp3) is 0.750. The van der Waals surface area contributed by atoms with Gasteiger partial charge in [0.25, 0.3) is 0 Å². The first kappa shape index (κ1) is 30.9. The zero-order chi connectivity index (χ0) is 30.9. The van der Waals surface area contributed by atoms with Gasteiger partial charge < -0.3 is 44.2 Å². The number of aliphatic hydroxyl groups is 5. The first-order valence-corrected chi connectivity index (χ1v) is 15.5. The van der Waals surface area contributed by atoms with Gasteiger partial charge in [0.1, 0.15) is 30.5 Å². The minimum atomic E-state index is -1.50. The molecule has 1 saturated heterocycles. The van der Waals surface area contributed by atoms with Crippen LogP contribution in [0.25, 0.3) is 0 Å². The van der Waals surface area contributed by atoms with Crippen molar-refractivity contribution in [3.8, 4) is 0 Å². The normalized spacial score (nSPS) is 47.6. The predicted octanol–water partition coefficient (Wildman–Crippen LogP) is 1.53. The first-order valence-electron chi connectivity index (χ1n) is 15.5. The summed E-state index contributed by atoms with van der Waals surface area (Å²) in [7, 11) is 0. The van der Waals surface area contributed by atoms with Crippen LogP contribution >= 0.6 is 0 Å². The van der Waals surface area contributed by atoms with E-state index in [2.05, 4.69) is 19.9 Å². The molecule has 5 aliphatic rings. The van der Waals surface area contributed by atoms with Crippen LogP contribution in [0.5, 0.6) is 0 Å². The van der Waals surface area contributed by atoms with Gasteiger partial charge in [-0.25, -0.2) is 4.79 Å². The standard InChI is InChI=1S/C32H44O11/c1-16(34)41-22-13-32(39)21-6-5-18-12-19(42-29-28(38)27(37)26(36)23(14-33)43-29)8-10-30(18,2)20(21)9-11-31(32,3)25(22)17-4-7-24(35)40-15-17/h4,7,12,15,19-23,25-29,33,36-39H,5-6,8-11,13-14H2,1-3H3/t19?,20-,21+,22?,23+,25-,26+,27-,28+,29+,30-,31+,32-/m0/s1. The monoisotopic (exact) mass is 604 g/mol. The van der Waals surface area contributed by atoms with Crippen molar-refractivity contribution in [2.45, 2.75) is 120 Å². The van der Waals surface area contributed by atoms with Gasteiger partial charge in [0.15, 0.2) is 6.29 Å². The Morgan fingerprint density at radius 3 is 2.49 bits per heavy atom. The van der Waals surface area contributed by atoms with E-state index in [4.69, 9.17) is 18.6 Å². The molecule has 11 nitrogen and oxygen atoms in total. The van der Waals surface area contributed by atoms with Crippen molar-refractivity contribution < 1.29 is 49.0 Å². The summed E-state index contributed by atoms with van der Waals surface area (Å²) >= 11 is 0. The van der Waals surface area contributed by atoms with Gasteiger partial charge >= 0.3 is 11.6 Å². The highest BCUT2D eigenvalue weighted by atomic mass is 16.7. The SMILES string of the molecule is CC(=O)OC1C[C@]2(O)[C@@H]3CCC4=CC(O[C@@H]5O[C@H](CO)[C@@H](O)[C@H](O)[C@H]5O)CC[C@]4(C)[C@H]3CC[C@]2(C)[C@H]1c1ccc(=O)oc1. The molecule has 3 saturated carbocycles. The molecule has 0 amide bonds. The van der Waals surface area contributed by atoms with Crippen LogP contribution < -0.4 is 5.63 Å². The average Bonchev–Trinajstić information content (AvgIpc) is 3.19. The summed E-state index contributed by atoms with van der Waals surface area (Å²) in [5.41, 5.74) is -0.372. The van der Waals surface area contributed by atoms with Crippen molar-refractivity contribution in [3.05, 3.63) is 46.0 Å². The van der Waals surface area contributed by atoms with Crippen LogP contribution in [0, 0.1) is 22.7 Å². The Morgan fingerprint density at radius 1 is 1.05 bits per heavy atom.